The monoisotopic (exact) mass is 473 g/mol. The van der Waals surface area contributed by atoms with Crippen LogP contribution >= 0.6 is 11.8 Å². The molecule has 0 aromatic rings. The number of carboxylic acids is 2. The molecule has 3 N–H and O–H groups in total. The predicted molar refractivity (Wildman–Crippen MR) is 133 cm³/mol. The SMILES string of the molecule is CC(C)=CCC/C(C)=C/CC/C(C)=C/CSCC(NC(=O)CCC(=O)O)C(=O)O.[NaH].[NaH]. The molecule has 0 aliphatic rings. The molecule has 0 heterocycles. The predicted octanol–water partition coefficient (Wildman–Crippen LogP) is 3.28. The molecule has 0 saturated heterocycles. The second kappa shape index (κ2) is 21.8. The molecule has 0 aromatic heterocycles. The summed E-state index contributed by atoms with van der Waals surface area (Å²) in [6.07, 6.45) is 10.2. The number of thioether (sulfide) groups is 1. The number of carboxylic acid groups (broad SMARTS) is 2. The third-order valence-corrected chi connectivity index (χ3v) is 5.13. The quantitative estimate of drug-likeness (QED) is 0.192. The maximum atomic E-state index is 11.6. The third-order valence-electron chi connectivity index (χ3n) is 4.16. The van der Waals surface area contributed by atoms with Crippen molar-refractivity contribution in [2.75, 3.05) is 11.5 Å². The summed E-state index contributed by atoms with van der Waals surface area (Å²) in [7, 11) is 0. The fraction of sp³-hybridized carbons (Fsp3) is 0.591. The number of aliphatic carboxylic acids is 2. The van der Waals surface area contributed by atoms with E-state index in [2.05, 4.69) is 51.2 Å². The molecule has 0 aliphatic heterocycles. The van der Waals surface area contributed by atoms with Crippen LogP contribution in [0.15, 0.2) is 34.9 Å². The van der Waals surface area contributed by atoms with Gasteiger partial charge in [0.05, 0.1) is 6.42 Å². The van der Waals surface area contributed by atoms with Gasteiger partial charge in [0.1, 0.15) is 6.04 Å². The fourth-order valence-corrected chi connectivity index (χ4v) is 3.39. The Balaban J connectivity index is -0.00000392. The van der Waals surface area contributed by atoms with Gasteiger partial charge in [-0.2, -0.15) is 11.8 Å². The summed E-state index contributed by atoms with van der Waals surface area (Å²) in [6.45, 7) is 8.44. The molecule has 0 rings (SSSR count). The summed E-state index contributed by atoms with van der Waals surface area (Å²) in [5.41, 5.74) is 4.00. The van der Waals surface area contributed by atoms with Gasteiger partial charge in [0.25, 0.3) is 0 Å². The van der Waals surface area contributed by atoms with Crippen molar-refractivity contribution in [3.63, 3.8) is 0 Å². The van der Waals surface area contributed by atoms with Crippen LogP contribution in [0.4, 0.5) is 0 Å². The topological polar surface area (TPSA) is 104 Å². The van der Waals surface area contributed by atoms with Gasteiger partial charge in [-0.1, -0.05) is 34.9 Å². The van der Waals surface area contributed by atoms with E-state index in [-0.39, 0.29) is 77.7 Å². The molecule has 0 spiro atoms. The summed E-state index contributed by atoms with van der Waals surface area (Å²) in [5.74, 6) is -1.85. The molecule has 0 aromatic carbocycles. The molecular formula is C22H37NNa2O5S. The maximum absolute atomic E-state index is 11.6. The minimum atomic E-state index is -1.12. The van der Waals surface area contributed by atoms with Crippen molar-refractivity contribution in [1.29, 1.82) is 0 Å². The van der Waals surface area contributed by atoms with Crippen molar-refractivity contribution in [3.05, 3.63) is 34.9 Å². The van der Waals surface area contributed by atoms with E-state index in [0.29, 0.717) is 5.75 Å². The Bertz CT molecular complexity index is 644. The molecule has 9 heteroatoms. The summed E-state index contributed by atoms with van der Waals surface area (Å²) in [4.78, 5) is 33.3. The fourth-order valence-electron chi connectivity index (χ4n) is 2.39. The average molecular weight is 474 g/mol. The van der Waals surface area contributed by atoms with Crippen molar-refractivity contribution < 1.29 is 24.6 Å². The van der Waals surface area contributed by atoms with Crippen LogP contribution < -0.4 is 5.32 Å². The first-order chi connectivity index (χ1) is 13.6. The molecule has 0 bridgehead atoms. The van der Waals surface area contributed by atoms with Crippen LogP contribution in [0.3, 0.4) is 0 Å². The van der Waals surface area contributed by atoms with E-state index in [1.165, 1.54) is 28.5 Å². The van der Waals surface area contributed by atoms with Crippen LogP contribution in [0, 0.1) is 0 Å². The van der Waals surface area contributed by atoms with E-state index in [4.69, 9.17) is 5.11 Å². The van der Waals surface area contributed by atoms with Crippen molar-refractivity contribution in [1.82, 2.24) is 5.32 Å². The Kier molecular flexibility index (Phi) is 25.0. The van der Waals surface area contributed by atoms with Gasteiger partial charge in [-0.15, -0.1) is 0 Å². The number of amides is 1. The Labute approximate surface area is 235 Å². The number of carbonyl (C=O) groups is 3. The van der Waals surface area contributed by atoms with Gasteiger partial charge >= 0.3 is 71.1 Å². The normalized spacial score (nSPS) is 12.1. The molecule has 1 unspecified atom stereocenters. The number of carbonyl (C=O) groups excluding carboxylic acids is 1. The van der Waals surface area contributed by atoms with Gasteiger partial charge in [0, 0.05) is 17.9 Å². The second-order valence-electron chi connectivity index (χ2n) is 7.35. The Morgan fingerprint density at radius 3 is 1.90 bits per heavy atom. The minimum absolute atomic E-state index is 0. The molecule has 1 amide bonds. The number of rotatable bonds is 15. The van der Waals surface area contributed by atoms with Crippen molar-refractivity contribution in [2.45, 2.75) is 72.3 Å². The van der Waals surface area contributed by atoms with Crippen LogP contribution in [0.5, 0.6) is 0 Å². The zero-order valence-corrected chi connectivity index (χ0v) is 18.8. The van der Waals surface area contributed by atoms with Crippen LogP contribution in [0.2, 0.25) is 0 Å². The van der Waals surface area contributed by atoms with Crippen molar-refractivity contribution in [3.8, 4) is 0 Å². The Morgan fingerprint density at radius 2 is 1.39 bits per heavy atom. The van der Waals surface area contributed by atoms with E-state index < -0.39 is 23.9 Å². The molecule has 0 aliphatic carbocycles. The van der Waals surface area contributed by atoms with Crippen molar-refractivity contribution in [2.24, 2.45) is 0 Å². The van der Waals surface area contributed by atoms with Gasteiger partial charge in [-0.05, 0) is 53.4 Å². The van der Waals surface area contributed by atoms with Crippen molar-refractivity contribution >= 4 is 88.7 Å². The summed E-state index contributed by atoms with van der Waals surface area (Å²) in [6, 6.07) is -1.01. The molecule has 0 radical (unpaired) electrons. The molecule has 1 atom stereocenters. The summed E-state index contributed by atoms with van der Waals surface area (Å²) >= 11 is 1.43. The molecule has 31 heavy (non-hydrogen) atoms. The number of hydrogen-bond donors (Lipinski definition) is 3. The Hall–Kier alpha value is -0.0200. The van der Waals surface area contributed by atoms with E-state index in [1.54, 1.807) is 0 Å². The standard InChI is InChI=1S/C22H35NO5S.2Na.2H/c1-16(2)7-5-8-17(3)9-6-10-18(4)13-14-29-15-19(22(27)28)23-20(24)11-12-21(25)26;;;;/h7,9,13,19H,5-6,8,10-12,14-15H2,1-4H3,(H,23,24)(H,25,26)(H,27,28);;;;/b17-9+,18-13+;;;;. The first-order valence-electron chi connectivity index (χ1n) is 9.88. The zero-order chi connectivity index (χ0) is 22.2. The zero-order valence-electron chi connectivity index (χ0n) is 18.0. The van der Waals surface area contributed by atoms with Gasteiger partial charge in [0.15, 0.2) is 0 Å². The van der Waals surface area contributed by atoms with Gasteiger partial charge < -0.3 is 15.5 Å². The molecule has 0 saturated carbocycles. The summed E-state index contributed by atoms with van der Waals surface area (Å²) < 4.78 is 0. The van der Waals surface area contributed by atoms with E-state index in [0.717, 1.165) is 25.7 Å². The van der Waals surface area contributed by atoms with E-state index in [1.807, 2.05) is 0 Å². The third kappa shape index (κ3) is 22.9. The first-order valence-corrected chi connectivity index (χ1v) is 11.0. The number of hydrogen-bond acceptors (Lipinski definition) is 4. The van der Waals surface area contributed by atoms with E-state index >= 15 is 0 Å². The van der Waals surface area contributed by atoms with E-state index in [9.17, 15) is 19.5 Å². The van der Waals surface area contributed by atoms with Gasteiger partial charge in [-0.3, -0.25) is 9.59 Å². The van der Waals surface area contributed by atoms with Crippen LogP contribution in [0.1, 0.15) is 66.2 Å². The number of allylic oxidation sites excluding steroid dienone is 5. The average Bonchev–Trinajstić information content (AvgIpc) is 2.61. The molecular weight excluding hydrogens is 436 g/mol. The van der Waals surface area contributed by atoms with Crippen LogP contribution in [-0.2, 0) is 14.4 Å². The first kappa shape index (κ1) is 35.6. The Morgan fingerprint density at radius 1 is 0.839 bits per heavy atom. The van der Waals surface area contributed by atoms with Crippen LogP contribution in [-0.4, -0.2) is 105 Å². The van der Waals surface area contributed by atoms with Gasteiger partial charge in [0.2, 0.25) is 5.91 Å². The number of nitrogens with one attached hydrogen (secondary N) is 1. The summed E-state index contributed by atoms with van der Waals surface area (Å²) in [5, 5.41) is 20.1. The molecule has 168 valence electrons. The molecule has 6 nitrogen and oxygen atoms in total. The van der Waals surface area contributed by atoms with Crippen LogP contribution in [0.25, 0.3) is 0 Å². The van der Waals surface area contributed by atoms with Gasteiger partial charge in [-0.25, -0.2) is 4.79 Å². The second-order valence-corrected chi connectivity index (χ2v) is 8.42. The molecule has 0 fully saturated rings.